The third-order valence-electron chi connectivity index (χ3n) is 11.7. The highest BCUT2D eigenvalue weighted by Crippen LogP contribution is 2.44. The highest BCUT2D eigenvalue weighted by molar-refractivity contribution is 5.72. The van der Waals surface area contributed by atoms with Gasteiger partial charge in [-0.3, -0.25) is 14.6 Å². The fraction of sp³-hybridized carbons (Fsp3) is 0.245. The molecule has 0 amide bonds. The number of nitrogens with two attached hydrogens (primary N) is 1. The van der Waals surface area contributed by atoms with Crippen LogP contribution in [0.15, 0.2) is 113 Å². The summed E-state index contributed by atoms with van der Waals surface area (Å²) in [5, 5.41) is 3.45. The van der Waals surface area contributed by atoms with Crippen molar-refractivity contribution in [3.8, 4) is 51.5 Å². The number of rotatable bonds is 8. The van der Waals surface area contributed by atoms with Gasteiger partial charge in [-0.25, -0.2) is 9.97 Å². The van der Waals surface area contributed by atoms with E-state index in [9.17, 15) is 9.59 Å². The number of para-hydroxylation sites is 2. The summed E-state index contributed by atoms with van der Waals surface area (Å²) in [4.78, 5) is 48.5. The fourth-order valence-electron chi connectivity index (χ4n) is 8.39. The van der Waals surface area contributed by atoms with Crippen molar-refractivity contribution >= 4 is 23.0 Å². The predicted octanol–water partition coefficient (Wildman–Crippen LogP) is 6.54. The van der Waals surface area contributed by atoms with E-state index in [2.05, 4.69) is 36.1 Å². The molecule has 0 unspecified atom stereocenters. The summed E-state index contributed by atoms with van der Waals surface area (Å²) >= 11 is 0. The van der Waals surface area contributed by atoms with Gasteiger partial charge in [-0.05, 0) is 60.2 Å². The number of anilines is 4. The van der Waals surface area contributed by atoms with Crippen LogP contribution >= 0.6 is 0 Å². The summed E-state index contributed by atoms with van der Waals surface area (Å²) < 4.78 is 28.7. The molecule has 0 radical (unpaired) electrons. The number of fused-ring (bicyclic) bond motifs is 4. The lowest BCUT2D eigenvalue weighted by Crippen LogP contribution is -2.37. The minimum atomic E-state index is -0.192. The molecular formula is C49H47N9O7. The third kappa shape index (κ3) is 9.07. The molecular weight excluding hydrogens is 827 g/mol. The average Bonchev–Trinajstić information content (AvgIpc) is 3.34. The molecule has 2 fully saturated rings. The molecule has 7 heterocycles. The highest BCUT2D eigenvalue weighted by atomic mass is 16.5. The SMILES string of the molecule is COc1cncc(CNc2ccc3c(c2)Cc2cccc(-c4nc(N5CCOCC5)cc(=O)[nH]4)c2O3)c1.Nc1ccc2c(c1)Cc1cccc(-c3nc(N4CCOCC4)cc(=O)[nH]3)c1O2. The van der Waals surface area contributed by atoms with E-state index in [4.69, 9.17) is 39.4 Å². The quantitative estimate of drug-likeness (QED) is 0.120. The fourth-order valence-corrected chi connectivity index (χ4v) is 8.39. The number of morpholine rings is 2. The zero-order valence-electron chi connectivity index (χ0n) is 35.8. The number of benzene rings is 4. The Kier molecular flexibility index (Phi) is 11.6. The lowest BCUT2D eigenvalue weighted by atomic mass is 9.97. The molecule has 0 aliphatic carbocycles. The number of nitrogens with zero attached hydrogens (tertiary/aromatic N) is 5. The molecule has 2 saturated heterocycles. The van der Waals surface area contributed by atoms with E-state index in [0.29, 0.717) is 94.5 Å². The largest absolute Gasteiger partial charge is 0.495 e. The Balaban J connectivity index is 0.000000159. The Morgan fingerprint density at radius 3 is 1.78 bits per heavy atom. The maximum Gasteiger partial charge on any atom is 0.253 e. The molecule has 4 aliphatic rings. The summed E-state index contributed by atoms with van der Waals surface area (Å²) in [6.07, 6.45) is 4.94. The molecule has 4 aliphatic heterocycles. The van der Waals surface area contributed by atoms with Crippen LogP contribution in [-0.4, -0.2) is 84.6 Å². The molecule has 0 bridgehead atoms. The number of methoxy groups -OCH3 is 1. The van der Waals surface area contributed by atoms with Crippen molar-refractivity contribution in [1.29, 1.82) is 0 Å². The van der Waals surface area contributed by atoms with Gasteiger partial charge < -0.3 is 54.5 Å². The van der Waals surface area contributed by atoms with Crippen molar-refractivity contribution in [3.63, 3.8) is 0 Å². The van der Waals surface area contributed by atoms with Crippen molar-refractivity contribution in [3.05, 3.63) is 152 Å². The standard InChI is InChI=1S/C28H27N5O4.C21H20N4O3/c1-35-22-11-18(15-29-17-22)16-30-21-5-6-24-20(13-21)12-19-3-2-4-23(27(19)37-24)28-31-25(14-26(34)32-28)33-7-9-36-10-8-33;22-15-4-5-17-14(11-15)10-13-2-1-3-16(20(13)28-17)21-23-18(12-19(26)24-21)25-6-8-27-9-7-25/h2-6,11,13-15,17,30H,7-10,12,16H2,1H3,(H,31,32,34);1-5,11-12H,6-10,22H2,(H,23,24,26). The minimum absolute atomic E-state index is 0.187. The van der Waals surface area contributed by atoms with E-state index < -0.39 is 0 Å². The second-order valence-electron chi connectivity index (χ2n) is 16.0. The zero-order chi connectivity index (χ0) is 44.3. The number of ether oxygens (including phenoxy) is 5. The second kappa shape index (κ2) is 18.2. The molecule has 16 nitrogen and oxygen atoms in total. The molecule has 0 saturated carbocycles. The van der Waals surface area contributed by atoms with Gasteiger partial charge in [-0.1, -0.05) is 24.3 Å². The van der Waals surface area contributed by atoms with Gasteiger partial charge in [0.15, 0.2) is 0 Å². The van der Waals surface area contributed by atoms with Gasteiger partial charge in [-0.2, -0.15) is 0 Å². The summed E-state index contributed by atoms with van der Waals surface area (Å²) in [5.74, 6) is 6.06. The Bertz CT molecular complexity index is 3000. The van der Waals surface area contributed by atoms with Crippen molar-refractivity contribution in [1.82, 2.24) is 24.9 Å². The number of nitrogens with one attached hydrogen (secondary N) is 3. The summed E-state index contributed by atoms with van der Waals surface area (Å²) in [5.41, 5.74) is 14.0. The molecule has 11 rings (SSSR count). The van der Waals surface area contributed by atoms with Crippen LogP contribution in [0.3, 0.4) is 0 Å². The molecule has 16 heteroatoms. The summed E-state index contributed by atoms with van der Waals surface area (Å²) in [7, 11) is 1.63. The lowest BCUT2D eigenvalue weighted by molar-refractivity contribution is 0.122. The number of nitrogen functional groups attached to an aromatic ring is 1. The number of aromatic nitrogens is 5. The van der Waals surface area contributed by atoms with Crippen LogP contribution in [0.25, 0.3) is 22.8 Å². The second-order valence-corrected chi connectivity index (χ2v) is 16.0. The van der Waals surface area contributed by atoms with Gasteiger partial charge in [0.25, 0.3) is 11.1 Å². The van der Waals surface area contributed by atoms with Gasteiger partial charge >= 0.3 is 0 Å². The lowest BCUT2D eigenvalue weighted by Gasteiger charge is -2.28. The monoisotopic (exact) mass is 873 g/mol. The van der Waals surface area contributed by atoms with E-state index >= 15 is 0 Å². The maximum atomic E-state index is 12.5. The molecule has 65 heavy (non-hydrogen) atoms. The summed E-state index contributed by atoms with van der Waals surface area (Å²) in [6.45, 7) is 5.98. The molecule has 4 aromatic carbocycles. The van der Waals surface area contributed by atoms with Gasteiger partial charge in [0.1, 0.15) is 52.0 Å². The molecule has 0 atom stereocenters. The van der Waals surface area contributed by atoms with Crippen LogP contribution in [0.5, 0.6) is 28.7 Å². The zero-order valence-corrected chi connectivity index (χ0v) is 35.8. The molecule has 0 spiro atoms. The first kappa shape index (κ1) is 41.3. The van der Waals surface area contributed by atoms with E-state index in [-0.39, 0.29) is 11.1 Å². The number of H-pyrrole nitrogens is 2. The predicted molar refractivity (Wildman–Crippen MR) is 248 cm³/mol. The van der Waals surface area contributed by atoms with E-state index in [1.54, 1.807) is 13.3 Å². The number of aromatic amines is 2. The minimum Gasteiger partial charge on any atom is -0.495 e. The third-order valence-corrected chi connectivity index (χ3v) is 11.7. The van der Waals surface area contributed by atoms with Crippen LogP contribution < -0.4 is 46.2 Å². The first-order chi connectivity index (χ1) is 31.8. The normalized spacial score (nSPS) is 14.8. The Labute approximate surface area is 374 Å². The van der Waals surface area contributed by atoms with Gasteiger partial charge in [0.2, 0.25) is 0 Å². The number of hydrogen-bond acceptors (Lipinski definition) is 14. The molecule has 7 aromatic rings. The first-order valence-corrected chi connectivity index (χ1v) is 21.5. The molecule has 5 N–H and O–H groups in total. The number of hydrogen-bond donors (Lipinski definition) is 4. The first-order valence-electron chi connectivity index (χ1n) is 21.5. The topological polar surface area (TPSA) is 195 Å². The maximum absolute atomic E-state index is 12.5. The Morgan fingerprint density at radius 2 is 1.22 bits per heavy atom. The Morgan fingerprint density at radius 1 is 0.662 bits per heavy atom. The smallest absolute Gasteiger partial charge is 0.253 e. The van der Waals surface area contributed by atoms with Crippen LogP contribution in [0.2, 0.25) is 0 Å². The van der Waals surface area contributed by atoms with Gasteiger partial charge in [0, 0.05) is 97.5 Å². The Hall–Kier alpha value is -7.69. The molecule has 330 valence electrons. The van der Waals surface area contributed by atoms with Crippen molar-refractivity contribution in [2.24, 2.45) is 0 Å². The van der Waals surface area contributed by atoms with Crippen molar-refractivity contribution in [2.75, 3.05) is 80.6 Å². The van der Waals surface area contributed by atoms with E-state index in [1.807, 2.05) is 79.0 Å². The van der Waals surface area contributed by atoms with Crippen LogP contribution in [-0.2, 0) is 28.9 Å². The van der Waals surface area contributed by atoms with Crippen LogP contribution in [0.1, 0.15) is 27.8 Å². The van der Waals surface area contributed by atoms with Crippen LogP contribution in [0.4, 0.5) is 23.0 Å². The van der Waals surface area contributed by atoms with E-state index in [0.717, 1.165) is 79.8 Å². The highest BCUT2D eigenvalue weighted by Gasteiger charge is 2.25. The van der Waals surface area contributed by atoms with Crippen LogP contribution in [0, 0.1) is 0 Å². The molecule has 3 aromatic heterocycles. The van der Waals surface area contributed by atoms with E-state index in [1.165, 1.54) is 12.1 Å². The van der Waals surface area contributed by atoms with Crippen molar-refractivity contribution in [2.45, 2.75) is 19.4 Å². The summed E-state index contributed by atoms with van der Waals surface area (Å²) in [6, 6.07) is 28.6. The van der Waals surface area contributed by atoms with Crippen molar-refractivity contribution < 1.29 is 23.7 Å². The van der Waals surface area contributed by atoms with Gasteiger partial charge in [-0.15, -0.1) is 0 Å². The van der Waals surface area contributed by atoms with Gasteiger partial charge in [0.05, 0.1) is 50.9 Å². The number of pyridine rings is 1. The average molecular weight is 874 g/mol.